The highest BCUT2D eigenvalue weighted by Gasteiger charge is 2.15. The Kier molecular flexibility index (Phi) is 4.96. The molecule has 100 valence electrons. The van der Waals surface area contributed by atoms with Crippen LogP contribution in [0.3, 0.4) is 0 Å². The van der Waals surface area contributed by atoms with Crippen molar-refractivity contribution in [1.29, 1.82) is 0 Å². The molecule has 0 bridgehead atoms. The van der Waals surface area contributed by atoms with E-state index in [1.54, 1.807) is 12.1 Å². The van der Waals surface area contributed by atoms with Gasteiger partial charge >= 0.3 is 0 Å². The van der Waals surface area contributed by atoms with Crippen molar-refractivity contribution in [3.63, 3.8) is 0 Å². The molecule has 0 spiro atoms. The summed E-state index contributed by atoms with van der Waals surface area (Å²) in [4.78, 5) is 12.5. The number of aliphatic hydroxyl groups excluding tert-OH is 1. The molecule has 2 rings (SSSR count). The summed E-state index contributed by atoms with van der Waals surface area (Å²) in [5.41, 5.74) is 1.08. The Morgan fingerprint density at radius 3 is 2.58 bits per heavy atom. The predicted octanol–water partition coefficient (Wildman–Crippen LogP) is 2.73. The fraction of sp³-hybridized carbons (Fsp3) is 0.214. The minimum Gasteiger partial charge on any atom is -0.394 e. The lowest BCUT2D eigenvalue weighted by Crippen LogP contribution is -2.38. The lowest BCUT2D eigenvalue weighted by molar-refractivity contribution is 0.0920. The minimum atomic E-state index is -0.296. The van der Waals surface area contributed by atoms with Crippen LogP contribution in [0, 0.1) is 0 Å². The van der Waals surface area contributed by atoms with Gasteiger partial charge in [0.2, 0.25) is 0 Å². The molecule has 0 unspecified atom stereocenters. The third kappa shape index (κ3) is 4.06. The summed E-state index contributed by atoms with van der Waals surface area (Å²) in [7, 11) is 0. The molecule has 2 N–H and O–H groups in total. The van der Waals surface area contributed by atoms with Crippen molar-refractivity contribution in [2.24, 2.45) is 0 Å². The molecular formula is C14H14ClNO2S. The van der Waals surface area contributed by atoms with Crippen LogP contribution < -0.4 is 5.32 Å². The van der Waals surface area contributed by atoms with Crippen LogP contribution in [0.4, 0.5) is 0 Å². The van der Waals surface area contributed by atoms with Crippen molar-refractivity contribution in [2.75, 3.05) is 6.61 Å². The number of hydrogen-bond donors (Lipinski definition) is 2. The van der Waals surface area contributed by atoms with E-state index in [0.717, 1.165) is 5.56 Å². The van der Waals surface area contributed by atoms with E-state index in [0.29, 0.717) is 15.6 Å². The van der Waals surface area contributed by atoms with Crippen LogP contribution in [0.15, 0.2) is 42.5 Å². The topological polar surface area (TPSA) is 49.3 Å². The van der Waals surface area contributed by atoms with Gasteiger partial charge in [-0.2, -0.15) is 0 Å². The number of benzene rings is 1. The number of aliphatic hydroxyl groups is 1. The van der Waals surface area contributed by atoms with Gasteiger partial charge in [-0.15, -0.1) is 11.3 Å². The highest BCUT2D eigenvalue weighted by molar-refractivity contribution is 7.17. The second-order valence-electron chi connectivity index (χ2n) is 4.15. The average molecular weight is 296 g/mol. The van der Waals surface area contributed by atoms with Crippen LogP contribution in [0.5, 0.6) is 0 Å². The van der Waals surface area contributed by atoms with Gasteiger partial charge in [-0.25, -0.2) is 0 Å². The molecule has 0 aliphatic rings. The Hall–Kier alpha value is -1.36. The molecule has 3 nitrogen and oxygen atoms in total. The van der Waals surface area contributed by atoms with Gasteiger partial charge in [-0.05, 0) is 24.1 Å². The Labute approximate surface area is 120 Å². The van der Waals surface area contributed by atoms with E-state index in [9.17, 15) is 9.90 Å². The number of carbonyl (C=O) groups excluding carboxylic acids is 1. The molecular weight excluding hydrogens is 282 g/mol. The van der Waals surface area contributed by atoms with E-state index in [4.69, 9.17) is 11.6 Å². The van der Waals surface area contributed by atoms with Crippen molar-refractivity contribution >= 4 is 28.8 Å². The summed E-state index contributed by atoms with van der Waals surface area (Å²) < 4.78 is 0.578. The van der Waals surface area contributed by atoms with Gasteiger partial charge in [0.25, 0.3) is 5.91 Å². The first-order valence-electron chi connectivity index (χ1n) is 5.90. The fourth-order valence-electron chi connectivity index (χ4n) is 1.75. The Bertz CT molecular complexity index is 541. The summed E-state index contributed by atoms with van der Waals surface area (Å²) in [5, 5.41) is 12.2. The van der Waals surface area contributed by atoms with E-state index in [2.05, 4.69) is 5.32 Å². The third-order valence-electron chi connectivity index (χ3n) is 2.68. The van der Waals surface area contributed by atoms with Crippen molar-refractivity contribution in [3.05, 3.63) is 57.2 Å². The molecule has 1 heterocycles. The summed E-state index contributed by atoms with van der Waals surface area (Å²) in [6.45, 7) is -0.0975. The largest absolute Gasteiger partial charge is 0.394 e. The van der Waals surface area contributed by atoms with Gasteiger partial charge < -0.3 is 10.4 Å². The minimum absolute atomic E-state index is 0.0975. The zero-order chi connectivity index (χ0) is 13.7. The molecule has 0 radical (unpaired) electrons. The molecule has 0 aliphatic heterocycles. The highest BCUT2D eigenvalue weighted by atomic mass is 35.5. The molecule has 0 aliphatic carbocycles. The Morgan fingerprint density at radius 1 is 1.26 bits per heavy atom. The predicted molar refractivity (Wildman–Crippen MR) is 77.8 cm³/mol. The first kappa shape index (κ1) is 14.1. The molecule has 1 amide bonds. The average Bonchev–Trinajstić information content (AvgIpc) is 2.86. The SMILES string of the molecule is O=C(N[C@@H](CO)Cc1ccccc1)c1ccc(Cl)s1. The first-order chi connectivity index (χ1) is 9.19. The van der Waals surface area contributed by atoms with Gasteiger partial charge in [-0.1, -0.05) is 41.9 Å². The van der Waals surface area contributed by atoms with Gasteiger partial charge in [0.1, 0.15) is 0 Å². The fourth-order valence-corrected chi connectivity index (χ4v) is 2.70. The highest BCUT2D eigenvalue weighted by Crippen LogP contribution is 2.21. The molecule has 0 saturated heterocycles. The zero-order valence-electron chi connectivity index (χ0n) is 10.2. The summed E-state index contributed by atoms with van der Waals surface area (Å²) in [6.07, 6.45) is 0.599. The standard InChI is InChI=1S/C14H14ClNO2S/c15-13-7-6-12(19-13)14(18)16-11(9-17)8-10-4-2-1-3-5-10/h1-7,11,17H,8-9H2,(H,16,18)/t11-/m1/s1. The molecule has 1 aromatic heterocycles. The maximum Gasteiger partial charge on any atom is 0.261 e. The second kappa shape index (κ2) is 6.70. The molecule has 2 aromatic rings. The number of rotatable bonds is 5. The lowest BCUT2D eigenvalue weighted by atomic mass is 10.1. The van der Waals surface area contributed by atoms with E-state index in [1.807, 2.05) is 30.3 Å². The maximum atomic E-state index is 11.9. The van der Waals surface area contributed by atoms with E-state index in [-0.39, 0.29) is 18.6 Å². The molecule has 1 aromatic carbocycles. The van der Waals surface area contributed by atoms with E-state index >= 15 is 0 Å². The molecule has 19 heavy (non-hydrogen) atoms. The molecule has 1 atom stereocenters. The number of halogens is 1. The maximum absolute atomic E-state index is 11.9. The zero-order valence-corrected chi connectivity index (χ0v) is 11.7. The normalized spacial score (nSPS) is 12.1. The number of thiophene rings is 1. The van der Waals surface area contributed by atoms with Gasteiger partial charge in [0.15, 0.2) is 0 Å². The van der Waals surface area contributed by atoms with Gasteiger partial charge in [-0.3, -0.25) is 4.79 Å². The number of hydrogen-bond acceptors (Lipinski definition) is 3. The quantitative estimate of drug-likeness (QED) is 0.891. The van der Waals surface area contributed by atoms with Crippen molar-refractivity contribution in [3.8, 4) is 0 Å². The Morgan fingerprint density at radius 2 is 2.00 bits per heavy atom. The lowest BCUT2D eigenvalue weighted by Gasteiger charge is -2.15. The molecule has 0 saturated carbocycles. The number of nitrogens with one attached hydrogen (secondary N) is 1. The van der Waals surface area contributed by atoms with Crippen LogP contribution in [0.1, 0.15) is 15.2 Å². The smallest absolute Gasteiger partial charge is 0.261 e. The van der Waals surface area contributed by atoms with Crippen molar-refractivity contribution in [1.82, 2.24) is 5.32 Å². The second-order valence-corrected chi connectivity index (χ2v) is 5.86. The molecule has 0 fully saturated rings. The summed E-state index contributed by atoms with van der Waals surface area (Å²) in [5.74, 6) is -0.202. The monoisotopic (exact) mass is 295 g/mol. The van der Waals surface area contributed by atoms with Crippen LogP contribution in [-0.4, -0.2) is 23.7 Å². The summed E-state index contributed by atoms with van der Waals surface area (Å²) in [6, 6.07) is 12.8. The van der Waals surface area contributed by atoms with Crippen molar-refractivity contribution in [2.45, 2.75) is 12.5 Å². The van der Waals surface area contributed by atoms with Crippen LogP contribution in [0.25, 0.3) is 0 Å². The third-order valence-corrected chi connectivity index (χ3v) is 3.91. The van der Waals surface area contributed by atoms with Crippen LogP contribution >= 0.6 is 22.9 Å². The van der Waals surface area contributed by atoms with Crippen LogP contribution in [-0.2, 0) is 6.42 Å². The van der Waals surface area contributed by atoms with Crippen molar-refractivity contribution < 1.29 is 9.90 Å². The number of carbonyl (C=O) groups is 1. The van der Waals surface area contributed by atoms with Crippen LogP contribution in [0.2, 0.25) is 4.34 Å². The number of amides is 1. The van der Waals surface area contributed by atoms with E-state index < -0.39 is 0 Å². The summed E-state index contributed by atoms with van der Waals surface area (Å²) >= 11 is 7.02. The van der Waals surface area contributed by atoms with Gasteiger partial charge in [0, 0.05) is 0 Å². The molecule has 5 heteroatoms. The first-order valence-corrected chi connectivity index (χ1v) is 7.09. The Balaban J connectivity index is 1.97. The van der Waals surface area contributed by atoms with E-state index in [1.165, 1.54) is 11.3 Å². The van der Waals surface area contributed by atoms with Gasteiger partial charge in [0.05, 0.1) is 21.9 Å².